The molecule has 0 spiro atoms. The molecule has 9 aromatic rings. The van der Waals surface area contributed by atoms with Gasteiger partial charge in [0.05, 0.1) is 33.3 Å². The van der Waals surface area contributed by atoms with Crippen LogP contribution in [0.4, 0.5) is 0 Å². The molecule has 0 amide bonds. The number of allylic oxidation sites excluding steroid dienone is 1. The van der Waals surface area contributed by atoms with E-state index in [-0.39, 0.29) is 10.8 Å². The fourth-order valence-electron chi connectivity index (χ4n) is 9.03. The van der Waals surface area contributed by atoms with Crippen LogP contribution in [-0.2, 0) is 11.8 Å². The van der Waals surface area contributed by atoms with E-state index in [2.05, 4.69) is 195 Å². The number of rotatable bonds is 3. The van der Waals surface area contributed by atoms with Gasteiger partial charge in [0.2, 0.25) is 0 Å². The van der Waals surface area contributed by atoms with E-state index >= 15 is 0 Å². The van der Waals surface area contributed by atoms with Crippen molar-refractivity contribution in [2.75, 3.05) is 0 Å². The topological polar surface area (TPSA) is 14.8 Å². The molecule has 0 saturated carbocycles. The normalized spacial score (nSPS) is 13.8. The molecule has 10 rings (SSSR count). The SMILES string of the molecule is CC(C)(C)C1=Cc2c(n(-c3cccc4c3c3ccccc3n4-c3ccc4c(c3)c3ccccc3n4-c3ccccc3)c3ccc(C(C)(C)C)cc23)CC1. The molecule has 0 N–H and O–H groups in total. The summed E-state index contributed by atoms with van der Waals surface area (Å²) in [6, 6.07) is 49.6. The molecule has 260 valence electrons. The Kier molecular flexibility index (Phi) is 6.83. The molecule has 3 nitrogen and oxygen atoms in total. The summed E-state index contributed by atoms with van der Waals surface area (Å²) in [6.07, 6.45) is 4.62. The van der Waals surface area contributed by atoms with Crippen molar-refractivity contribution in [3.8, 4) is 17.1 Å². The van der Waals surface area contributed by atoms with Crippen LogP contribution in [0.25, 0.3) is 77.7 Å². The quantitative estimate of drug-likeness (QED) is 0.176. The van der Waals surface area contributed by atoms with Gasteiger partial charge in [-0.3, -0.25) is 0 Å². The zero-order chi connectivity index (χ0) is 36.2. The van der Waals surface area contributed by atoms with Gasteiger partial charge in [-0.2, -0.15) is 0 Å². The molecular weight excluding hydrogens is 643 g/mol. The summed E-state index contributed by atoms with van der Waals surface area (Å²) in [4.78, 5) is 0. The second-order valence-electron chi connectivity index (χ2n) is 17.0. The van der Waals surface area contributed by atoms with Gasteiger partial charge in [0.15, 0.2) is 0 Å². The van der Waals surface area contributed by atoms with Crippen molar-refractivity contribution >= 4 is 60.6 Å². The van der Waals surface area contributed by atoms with Gasteiger partial charge in [-0.1, -0.05) is 120 Å². The first-order chi connectivity index (χ1) is 25.6. The average molecular weight is 688 g/mol. The van der Waals surface area contributed by atoms with Crippen LogP contribution in [0.5, 0.6) is 0 Å². The number of fused-ring (bicyclic) bond motifs is 9. The lowest BCUT2D eigenvalue weighted by Crippen LogP contribution is -2.14. The van der Waals surface area contributed by atoms with Crippen molar-refractivity contribution in [3.05, 3.63) is 156 Å². The molecule has 1 aliphatic carbocycles. The Morgan fingerprint density at radius 2 is 1.06 bits per heavy atom. The van der Waals surface area contributed by atoms with Crippen LogP contribution >= 0.6 is 0 Å². The Balaban J connectivity index is 1.26. The lowest BCUT2D eigenvalue weighted by atomic mass is 9.79. The molecule has 6 aromatic carbocycles. The van der Waals surface area contributed by atoms with Crippen molar-refractivity contribution < 1.29 is 0 Å². The molecule has 3 heterocycles. The van der Waals surface area contributed by atoms with Crippen molar-refractivity contribution in [3.63, 3.8) is 0 Å². The van der Waals surface area contributed by atoms with E-state index in [4.69, 9.17) is 0 Å². The largest absolute Gasteiger partial charge is 0.312 e. The molecule has 3 aromatic heterocycles. The predicted molar refractivity (Wildman–Crippen MR) is 226 cm³/mol. The molecule has 0 radical (unpaired) electrons. The van der Waals surface area contributed by atoms with Crippen molar-refractivity contribution in [1.82, 2.24) is 13.7 Å². The number of nitrogens with zero attached hydrogens (tertiary/aromatic N) is 3. The Morgan fingerprint density at radius 3 is 1.81 bits per heavy atom. The summed E-state index contributed by atoms with van der Waals surface area (Å²) in [5.41, 5.74) is 15.7. The molecule has 0 bridgehead atoms. The number of para-hydroxylation sites is 3. The maximum Gasteiger partial charge on any atom is 0.0562 e. The minimum Gasteiger partial charge on any atom is -0.312 e. The monoisotopic (exact) mass is 687 g/mol. The summed E-state index contributed by atoms with van der Waals surface area (Å²) < 4.78 is 7.47. The standard InChI is InChI=1S/C50H45N3/c1-49(2,3)32-23-26-44-38(29-32)39-30-33(50(4,5)6)24-27-45(39)53(44)47-22-14-21-46-48(47)37-18-11-13-20-42(37)52(46)35-25-28-43-40(31-35)36-17-10-12-19-41(36)51(43)34-15-8-7-9-16-34/h7-23,25-26,28-31H,24,27H2,1-6H3. The molecule has 0 aliphatic heterocycles. The lowest BCUT2D eigenvalue weighted by molar-refractivity contribution is 0.483. The summed E-state index contributed by atoms with van der Waals surface area (Å²) in [7, 11) is 0. The molecule has 1 aliphatic rings. The van der Waals surface area contributed by atoms with E-state index < -0.39 is 0 Å². The Labute approximate surface area is 311 Å². The second-order valence-corrected chi connectivity index (χ2v) is 17.0. The van der Waals surface area contributed by atoms with E-state index in [1.54, 1.807) is 0 Å². The van der Waals surface area contributed by atoms with Crippen LogP contribution in [0.15, 0.2) is 139 Å². The smallest absolute Gasteiger partial charge is 0.0562 e. The summed E-state index contributed by atoms with van der Waals surface area (Å²) in [5, 5.41) is 6.44. The maximum absolute atomic E-state index is 2.60. The van der Waals surface area contributed by atoms with Crippen LogP contribution in [0.1, 0.15) is 64.8 Å². The highest BCUT2D eigenvalue weighted by Crippen LogP contribution is 2.45. The zero-order valence-electron chi connectivity index (χ0n) is 31.5. The molecule has 53 heavy (non-hydrogen) atoms. The third-order valence-corrected chi connectivity index (χ3v) is 11.7. The van der Waals surface area contributed by atoms with Crippen LogP contribution in [-0.4, -0.2) is 13.7 Å². The number of hydrogen-bond donors (Lipinski definition) is 0. The predicted octanol–water partition coefficient (Wildman–Crippen LogP) is 13.5. The maximum atomic E-state index is 2.60. The number of benzene rings is 6. The Hall–Kier alpha value is -5.80. The van der Waals surface area contributed by atoms with Crippen molar-refractivity contribution in [1.29, 1.82) is 0 Å². The van der Waals surface area contributed by atoms with Crippen molar-refractivity contribution in [2.45, 2.75) is 59.8 Å². The summed E-state index contributed by atoms with van der Waals surface area (Å²) >= 11 is 0. The molecule has 0 unspecified atom stereocenters. The third kappa shape index (κ3) is 4.79. The average Bonchev–Trinajstić information content (AvgIpc) is 3.79. The molecule has 3 heteroatoms. The van der Waals surface area contributed by atoms with Gasteiger partial charge < -0.3 is 13.7 Å². The van der Waals surface area contributed by atoms with Gasteiger partial charge in [0.25, 0.3) is 0 Å². The Bertz CT molecular complexity index is 2950. The minimum absolute atomic E-state index is 0.0658. The van der Waals surface area contributed by atoms with Crippen LogP contribution < -0.4 is 0 Å². The van der Waals surface area contributed by atoms with Gasteiger partial charge in [-0.15, -0.1) is 0 Å². The molecule has 0 fully saturated rings. The molecule has 0 saturated heterocycles. The third-order valence-electron chi connectivity index (χ3n) is 11.7. The highest BCUT2D eigenvalue weighted by atomic mass is 15.0. The minimum atomic E-state index is 0.0658. The first-order valence-electron chi connectivity index (χ1n) is 19.1. The highest BCUT2D eigenvalue weighted by molar-refractivity contribution is 6.15. The van der Waals surface area contributed by atoms with E-state index in [0.717, 1.165) is 12.8 Å². The highest BCUT2D eigenvalue weighted by Gasteiger charge is 2.28. The van der Waals surface area contributed by atoms with Gasteiger partial charge in [0, 0.05) is 49.6 Å². The molecule has 0 atom stereocenters. The van der Waals surface area contributed by atoms with Gasteiger partial charge >= 0.3 is 0 Å². The number of hydrogen-bond acceptors (Lipinski definition) is 0. The van der Waals surface area contributed by atoms with E-state index in [0.29, 0.717) is 0 Å². The fraction of sp³-hybridized carbons (Fsp3) is 0.200. The van der Waals surface area contributed by atoms with Crippen LogP contribution in [0, 0.1) is 5.41 Å². The van der Waals surface area contributed by atoms with E-state index in [9.17, 15) is 0 Å². The van der Waals surface area contributed by atoms with Crippen LogP contribution in [0.3, 0.4) is 0 Å². The first-order valence-corrected chi connectivity index (χ1v) is 19.1. The fourth-order valence-corrected chi connectivity index (χ4v) is 9.03. The van der Waals surface area contributed by atoms with Gasteiger partial charge in [-0.05, 0) is 96.0 Å². The van der Waals surface area contributed by atoms with E-state index in [1.807, 2.05) is 0 Å². The first kappa shape index (κ1) is 31.9. The van der Waals surface area contributed by atoms with Crippen molar-refractivity contribution in [2.24, 2.45) is 5.41 Å². The van der Waals surface area contributed by atoms with Gasteiger partial charge in [0.1, 0.15) is 0 Å². The van der Waals surface area contributed by atoms with Gasteiger partial charge in [-0.25, -0.2) is 0 Å². The summed E-state index contributed by atoms with van der Waals surface area (Å²) in [5.74, 6) is 0. The van der Waals surface area contributed by atoms with E-state index in [1.165, 1.54) is 94.0 Å². The Morgan fingerprint density at radius 1 is 0.434 bits per heavy atom. The number of aromatic nitrogens is 3. The lowest BCUT2D eigenvalue weighted by Gasteiger charge is -2.27. The summed E-state index contributed by atoms with van der Waals surface area (Å²) in [6.45, 7) is 14.0. The zero-order valence-corrected chi connectivity index (χ0v) is 31.5. The molecular formula is C50H45N3. The van der Waals surface area contributed by atoms with Crippen LogP contribution in [0.2, 0.25) is 0 Å². The second kappa shape index (κ2) is 11.3.